The van der Waals surface area contributed by atoms with Crippen molar-refractivity contribution in [3.05, 3.63) is 58.9 Å². The van der Waals surface area contributed by atoms with E-state index < -0.39 is 26.7 Å². The van der Waals surface area contributed by atoms with E-state index in [9.17, 15) is 26.7 Å². The molecule has 0 atom stereocenters. The van der Waals surface area contributed by atoms with Crippen LogP contribution < -0.4 is 0 Å². The molecule has 2 aromatic carbocycles. The van der Waals surface area contributed by atoms with Gasteiger partial charge >= 0.3 is 6.18 Å². The number of hydrogen-bond acceptors (Lipinski definition) is 5. The second-order valence-corrected chi connectivity index (χ2v) is 9.72. The molecule has 1 N–H and O–H groups in total. The summed E-state index contributed by atoms with van der Waals surface area (Å²) in [5.41, 5.74) is 0.530. The third-order valence-corrected chi connectivity index (χ3v) is 7.80. The van der Waals surface area contributed by atoms with Crippen molar-refractivity contribution < 1.29 is 26.7 Å². The van der Waals surface area contributed by atoms with E-state index in [1.165, 1.54) is 0 Å². The van der Waals surface area contributed by atoms with Crippen LogP contribution >= 0.6 is 11.6 Å². The van der Waals surface area contributed by atoms with Crippen LogP contribution in [0.3, 0.4) is 0 Å². The Hall–Kier alpha value is -2.18. The number of benzene rings is 2. The van der Waals surface area contributed by atoms with Gasteiger partial charge in [0, 0.05) is 26.2 Å². The Morgan fingerprint density at radius 3 is 2.41 bits per heavy atom. The molecule has 4 rings (SSSR count). The van der Waals surface area contributed by atoms with Gasteiger partial charge in [0.2, 0.25) is 10.0 Å². The minimum absolute atomic E-state index is 0.0932. The Morgan fingerprint density at radius 2 is 1.75 bits per heavy atom. The number of piperazine rings is 1. The SMILES string of the molecule is O=S(=O)(c1cc(C(F)(F)F)ccc1Cl)N1CCN(Cn2c(CO)nc3ccccc32)CC1. The van der Waals surface area contributed by atoms with E-state index in [1.54, 1.807) is 0 Å². The highest BCUT2D eigenvalue weighted by Gasteiger charge is 2.35. The van der Waals surface area contributed by atoms with Crippen LogP contribution in [0.25, 0.3) is 11.0 Å². The third-order valence-electron chi connectivity index (χ3n) is 5.42. The van der Waals surface area contributed by atoms with Gasteiger partial charge in [-0.3, -0.25) is 4.90 Å². The second-order valence-electron chi connectivity index (χ2n) is 7.41. The lowest BCUT2D eigenvalue weighted by Gasteiger charge is -2.34. The summed E-state index contributed by atoms with van der Waals surface area (Å²) in [5, 5.41) is 9.40. The van der Waals surface area contributed by atoms with Crippen LogP contribution in [-0.2, 0) is 29.5 Å². The molecule has 7 nitrogen and oxygen atoms in total. The van der Waals surface area contributed by atoms with Gasteiger partial charge in [0.1, 0.15) is 17.3 Å². The Morgan fingerprint density at radius 1 is 1.06 bits per heavy atom. The number of aromatic nitrogens is 2. The summed E-state index contributed by atoms with van der Waals surface area (Å²) < 4.78 is 68.1. The standard InChI is InChI=1S/C20H20ClF3N4O3S/c21-15-6-5-14(20(22,23)24)11-18(15)32(30,31)27-9-7-26(8-10-27)13-28-17-4-2-1-3-16(17)25-19(28)12-29/h1-6,11,29H,7-10,12-13H2. The number of aliphatic hydroxyl groups excluding tert-OH is 1. The maximum atomic E-state index is 13.1. The largest absolute Gasteiger partial charge is 0.416 e. The molecule has 32 heavy (non-hydrogen) atoms. The predicted molar refractivity (Wildman–Crippen MR) is 112 cm³/mol. The quantitative estimate of drug-likeness (QED) is 0.597. The number of halogens is 4. The number of hydrogen-bond donors (Lipinski definition) is 1. The van der Waals surface area contributed by atoms with Gasteiger partial charge in [0.15, 0.2) is 0 Å². The highest BCUT2D eigenvalue weighted by atomic mass is 35.5. The van der Waals surface area contributed by atoms with Crippen LogP contribution in [0.15, 0.2) is 47.4 Å². The van der Waals surface area contributed by atoms with Crippen LogP contribution in [0.5, 0.6) is 0 Å². The summed E-state index contributed by atoms with van der Waals surface area (Å²) in [5.74, 6) is 0.497. The van der Waals surface area contributed by atoms with E-state index >= 15 is 0 Å². The van der Waals surface area contributed by atoms with E-state index in [4.69, 9.17) is 11.6 Å². The lowest BCUT2D eigenvalue weighted by atomic mass is 10.2. The number of sulfonamides is 1. The Kier molecular flexibility index (Phi) is 6.21. The highest BCUT2D eigenvalue weighted by Crippen LogP contribution is 2.34. The maximum Gasteiger partial charge on any atom is 0.416 e. The molecule has 0 bridgehead atoms. The van der Waals surface area contributed by atoms with Gasteiger partial charge in [-0.25, -0.2) is 13.4 Å². The number of nitrogens with zero attached hydrogens (tertiary/aromatic N) is 4. The molecular weight excluding hydrogens is 469 g/mol. The van der Waals surface area contributed by atoms with Crippen molar-refractivity contribution in [3.8, 4) is 0 Å². The van der Waals surface area contributed by atoms with E-state index in [2.05, 4.69) is 4.98 Å². The first-order chi connectivity index (χ1) is 15.1. The molecule has 2 heterocycles. The Balaban J connectivity index is 1.51. The molecule has 12 heteroatoms. The lowest BCUT2D eigenvalue weighted by molar-refractivity contribution is -0.137. The molecule has 1 aliphatic rings. The second kappa shape index (κ2) is 8.64. The minimum Gasteiger partial charge on any atom is -0.388 e. The van der Waals surface area contributed by atoms with Crippen LogP contribution in [0, 0.1) is 0 Å². The van der Waals surface area contributed by atoms with Gasteiger partial charge < -0.3 is 9.67 Å². The average Bonchev–Trinajstić information content (AvgIpc) is 3.11. The van der Waals surface area contributed by atoms with Crippen molar-refractivity contribution in [2.45, 2.75) is 24.3 Å². The summed E-state index contributed by atoms with van der Waals surface area (Å²) in [6.45, 7) is 1.05. The van der Waals surface area contributed by atoms with Crippen LogP contribution in [-0.4, -0.2) is 58.5 Å². The van der Waals surface area contributed by atoms with Gasteiger partial charge in [-0.15, -0.1) is 0 Å². The maximum absolute atomic E-state index is 13.1. The zero-order valence-electron chi connectivity index (χ0n) is 16.8. The van der Waals surface area contributed by atoms with E-state index in [1.807, 2.05) is 33.7 Å². The molecule has 1 aliphatic heterocycles. The smallest absolute Gasteiger partial charge is 0.388 e. The molecule has 0 aliphatic carbocycles. The molecule has 1 fully saturated rings. The van der Waals surface area contributed by atoms with Gasteiger partial charge in [0.05, 0.1) is 28.3 Å². The number of imidazole rings is 1. The summed E-state index contributed by atoms with van der Waals surface area (Å²) in [6, 6.07) is 9.73. The number of rotatable bonds is 5. The molecular formula is C20H20ClF3N4O3S. The zero-order chi connectivity index (χ0) is 23.1. The summed E-state index contributed by atoms with van der Waals surface area (Å²) >= 11 is 5.94. The zero-order valence-corrected chi connectivity index (χ0v) is 18.3. The minimum atomic E-state index is -4.68. The number of para-hydroxylation sites is 2. The average molecular weight is 489 g/mol. The van der Waals surface area contributed by atoms with E-state index in [-0.39, 0.29) is 24.7 Å². The van der Waals surface area contributed by atoms with Crippen LogP contribution in [0.4, 0.5) is 13.2 Å². The van der Waals surface area contributed by atoms with Crippen molar-refractivity contribution in [1.29, 1.82) is 0 Å². The molecule has 1 saturated heterocycles. The predicted octanol–water partition coefficient (Wildman–Crippen LogP) is 3.16. The lowest BCUT2D eigenvalue weighted by Crippen LogP contribution is -2.49. The van der Waals surface area contributed by atoms with Crippen molar-refractivity contribution >= 4 is 32.7 Å². The van der Waals surface area contributed by atoms with Crippen LogP contribution in [0.1, 0.15) is 11.4 Å². The fourth-order valence-corrected chi connectivity index (χ4v) is 5.65. The van der Waals surface area contributed by atoms with Gasteiger partial charge in [-0.1, -0.05) is 23.7 Å². The van der Waals surface area contributed by atoms with E-state index in [0.717, 1.165) is 27.5 Å². The topological polar surface area (TPSA) is 78.7 Å². The number of fused-ring (bicyclic) bond motifs is 1. The normalized spacial score (nSPS) is 16.7. The van der Waals surface area contributed by atoms with E-state index in [0.29, 0.717) is 31.6 Å². The first kappa shape index (κ1) is 23.0. The van der Waals surface area contributed by atoms with Crippen molar-refractivity contribution in [2.24, 2.45) is 0 Å². The molecule has 0 radical (unpaired) electrons. The first-order valence-electron chi connectivity index (χ1n) is 9.75. The number of aliphatic hydroxyl groups is 1. The monoisotopic (exact) mass is 488 g/mol. The van der Waals surface area contributed by atoms with Crippen LogP contribution in [0.2, 0.25) is 5.02 Å². The highest BCUT2D eigenvalue weighted by molar-refractivity contribution is 7.89. The Labute approximate surface area is 187 Å². The third kappa shape index (κ3) is 4.35. The molecule has 0 unspecified atom stereocenters. The fraction of sp³-hybridized carbons (Fsp3) is 0.350. The van der Waals surface area contributed by atoms with Gasteiger partial charge in [-0.05, 0) is 30.3 Å². The molecule has 0 spiro atoms. The molecule has 0 amide bonds. The van der Waals surface area contributed by atoms with Crippen molar-refractivity contribution in [1.82, 2.24) is 18.8 Å². The first-order valence-corrected chi connectivity index (χ1v) is 11.6. The molecule has 0 saturated carbocycles. The van der Waals surface area contributed by atoms with Crippen molar-refractivity contribution in [2.75, 3.05) is 26.2 Å². The number of alkyl halides is 3. The Bertz CT molecular complexity index is 1240. The molecule has 172 valence electrons. The van der Waals surface area contributed by atoms with Gasteiger partial charge in [-0.2, -0.15) is 17.5 Å². The summed E-state index contributed by atoms with van der Waals surface area (Å²) in [7, 11) is -4.19. The summed E-state index contributed by atoms with van der Waals surface area (Å²) in [4.78, 5) is 5.84. The fourth-order valence-electron chi connectivity index (χ4n) is 3.73. The molecule has 1 aromatic heterocycles. The van der Waals surface area contributed by atoms with Gasteiger partial charge in [0.25, 0.3) is 0 Å². The summed E-state index contributed by atoms with van der Waals surface area (Å²) in [6.07, 6.45) is -4.68. The molecule has 3 aromatic rings. The van der Waals surface area contributed by atoms with Crippen molar-refractivity contribution in [3.63, 3.8) is 0 Å².